The molecule has 0 spiro atoms. The summed E-state index contributed by atoms with van der Waals surface area (Å²) in [7, 11) is 2.95. The summed E-state index contributed by atoms with van der Waals surface area (Å²) in [6.45, 7) is 1.92. The number of para-hydroxylation sites is 1. The smallest absolute Gasteiger partial charge is 0.332 e. The number of piperazine rings is 1. The minimum absolute atomic E-state index is 0.0494. The largest absolute Gasteiger partial charge is 0.340 e. The van der Waals surface area contributed by atoms with Crippen LogP contribution >= 0.6 is 0 Å². The number of aryl methyl sites for hydroxylation is 1. The number of imidazole rings is 1. The van der Waals surface area contributed by atoms with Crippen LogP contribution in [0.4, 0.5) is 16.0 Å². The quantitative estimate of drug-likeness (QED) is 0.346. The van der Waals surface area contributed by atoms with Crippen LogP contribution in [0.2, 0.25) is 0 Å². The molecule has 6 rings (SSSR count). The number of hydrogen-bond donors (Lipinski definition) is 0. The van der Waals surface area contributed by atoms with E-state index in [2.05, 4.69) is 0 Å². The van der Waals surface area contributed by atoms with Crippen LogP contribution in [0.15, 0.2) is 64.2 Å². The van der Waals surface area contributed by atoms with Crippen LogP contribution in [0, 0.1) is 5.82 Å². The van der Waals surface area contributed by atoms with Gasteiger partial charge in [-0.2, -0.15) is 4.98 Å². The van der Waals surface area contributed by atoms with Gasteiger partial charge in [0.05, 0.1) is 24.7 Å². The van der Waals surface area contributed by atoms with Crippen molar-refractivity contribution in [2.24, 2.45) is 14.1 Å². The molecule has 12 heteroatoms. The van der Waals surface area contributed by atoms with Crippen molar-refractivity contribution < 1.29 is 14.0 Å². The van der Waals surface area contributed by atoms with Gasteiger partial charge in [0.2, 0.25) is 11.9 Å². The van der Waals surface area contributed by atoms with Crippen LogP contribution in [-0.2, 0) is 30.2 Å². The zero-order valence-corrected chi connectivity index (χ0v) is 22.2. The van der Waals surface area contributed by atoms with Gasteiger partial charge in [0.15, 0.2) is 11.2 Å². The lowest BCUT2D eigenvalue weighted by Crippen LogP contribution is -2.53. The van der Waals surface area contributed by atoms with E-state index in [1.807, 2.05) is 15.9 Å². The van der Waals surface area contributed by atoms with Crippen LogP contribution in [0.5, 0.6) is 0 Å². The van der Waals surface area contributed by atoms with Gasteiger partial charge in [-0.1, -0.05) is 36.4 Å². The van der Waals surface area contributed by atoms with Gasteiger partial charge in [-0.05, 0) is 18.2 Å². The molecule has 4 heterocycles. The molecule has 2 aliphatic heterocycles. The first kappa shape index (κ1) is 25.7. The van der Waals surface area contributed by atoms with Crippen molar-refractivity contribution in [1.29, 1.82) is 0 Å². The van der Waals surface area contributed by atoms with E-state index >= 15 is 0 Å². The third-order valence-corrected chi connectivity index (χ3v) is 7.79. The Balaban J connectivity index is 1.31. The summed E-state index contributed by atoms with van der Waals surface area (Å²) in [4.78, 5) is 61.8. The van der Waals surface area contributed by atoms with Crippen LogP contribution in [0.3, 0.4) is 0 Å². The Morgan fingerprint density at radius 3 is 2.25 bits per heavy atom. The highest BCUT2D eigenvalue weighted by Gasteiger charge is 2.43. The number of nitrogens with zero attached hydrogens (tertiary/aromatic N) is 7. The van der Waals surface area contributed by atoms with E-state index in [0.29, 0.717) is 43.4 Å². The van der Waals surface area contributed by atoms with Crippen LogP contribution in [-0.4, -0.2) is 67.6 Å². The first-order chi connectivity index (χ1) is 19.3. The highest BCUT2D eigenvalue weighted by molar-refractivity contribution is 6.22. The Labute approximate surface area is 228 Å². The van der Waals surface area contributed by atoms with Crippen molar-refractivity contribution >= 4 is 34.6 Å². The highest BCUT2D eigenvalue weighted by atomic mass is 19.1. The monoisotopic (exact) mass is 545 g/mol. The number of anilines is 2. The molecule has 2 aromatic heterocycles. The molecule has 2 saturated heterocycles. The number of amides is 2. The summed E-state index contributed by atoms with van der Waals surface area (Å²) in [6.07, 6.45) is 0.109. The summed E-state index contributed by atoms with van der Waals surface area (Å²) >= 11 is 0. The van der Waals surface area contributed by atoms with Crippen molar-refractivity contribution in [3.63, 3.8) is 0 Å². The Hall–Kier alpha value is -4.58. The summed E-state index contributed by atoms with van der Waals surface area (Å²) < 4.78 is 18.7. The maximum atomic E-state index is 14.7. The molecule has 11 nitrogen and oxygen atoms in total. The SMILES string of the molecule is Cn1c(=O)c2c(nc(N3CCN(C4CC(=O)N(c5ccccc5)C4=O)CC3)n2Cc2ccccc2F)n(C)c1=O. The minimum atomic E-state index is -0.555. The summed E-state index contributed by atoms with van der Waals surface area (Å²) in [5.74, 6) is -0.438. The fourth-order valence-corrected chi connectivity index (χ4v) is 5.61. The molecule has 40 heavy (non-hydrogen) atoms. The van der Waals surface area contributed by atoms with Gasteiger partial charge in [0, 0.05) is 45.8 Å². The van der Waals surface area contributed by atoms with Crippen molar-refractivity contribution in [3.05, 3.63) is 86.8 Å². The van der Waals surface area contributed by atoms with Crippen molar-refractivity contribution in [2.75, 3.05) is 36.0 Å². The Kier molecular flexibility index (Phi) is 6.34. The van der Waals surface area contributed by atoms with Crippen LogP contribution < -0.4 is 21.0 Å². The second kappa shape index (κ2) is 9.87. The normalized spacial score (nSPS) is 18.3. The molecule has 0 saturated carbocycles. The summed E-state index contributed by atoms with van der Waals surface area (Å²) in [6, 6.07) is 14.7. The Morgan fingerprint density at radius 1 is 0.875 bits per heavy atom. The Bertz CT molecular complexity index is 1750. The van der Waals surface area contributed by atoms with Crippen LogP contribution in [0.1, 0.15) is 12.0 Å². The zero-order chi connectivity index (χ0) is 28.1. The topological polar surface area (TPSA) is 106 Å². The molecule has 0 N–H and O–H groups in total. The molecule has 2 fully saturated rings. The Morgan fingerprint density at radius 2 is 1.55 bits per heavy atom. The van der Waals surface area contributed by atoms with E-state index in [-0.39, 0.29) is 35.9 Å². The number of carbonyl (C=O) groups is 2. The fourth-order valence-electron chi connectivity index (χ4n) is 5.61. The number of carbonyl (C=O) groups excluding carboxylic acids is 2. The van der Waals surface area contributed by atoms with Gasteiger partial charge in [-0.15, -0.1) is 0 Å². The minimum Gasteiger partial charge on any atom is -0.340 e. The lowest BCUT2D eigenvalue weighted by atomic mass is 10.1. The van der Waals surface area contributed by atoms with E-state index in [1.165, 1.54) is 22.6 Å². The van der Waals surface area contributed by atoms with Crippen molar-refractivity contribution in [1.82, 2.24) is 23.6 Å². The first-order valence-corrected chi connectivity index (χ1v) is 13.1. The maximum absolute atomic E-state index is 14.7. The highest BCUT2D eigenvalue weighted by Crippen LogP contribution is 2.28. The molecule has 2 aliphatic rings. The molecular formula is C28H28FN7O4. The number of fused-ring (bicyclic) bond motifs is 1. The van der Waals surface area contributed by atoms with E-state index in [0.717, 1.165) is 4.57 Å². The molecule has 0 aliphatic carbocycles. The fraction of sp³-hybridized carbons (Fsp3) is 0.321. The van der Waals surface area contributed by atoms with Crippen molar-refractivity contribution in [2.45, 2.75) is 19.0 Å². The van der Waals surface area contributed by atoms with Crippen LogP contribution in [0.25, 0.3) is 11.2 Å². The van der Waals surface area contributed by atoms with Gasteiger partial charge in [0.25, 0.3) is 11.5 Å². The van der Waals surface area contributed by atoms with E-state index < -0.39 is 23.1 Å². The van der Waals surface area contributed by atoms with Gasteiger partial charge in [0.1, 0.15) is 5.82 Å². The maximum Gasteiger partial charge on any atom is 0.332 e. The summed E-state index contributed by atoms with van der Waals surface area (Å²) in [5, 5.41) is 0. The second-order valence-corrected chi connectivity index (χ2v) is 10.1. The van der Waals surface area contributed by atoms with E-state index in [1.54, 1.807) is 54.1 Å². The summed E-state index contributed by atoms with van der Waals surface area (Å²) in [5.41, 5.74) is 0.360. The molecule has 1 atom stereocenters. The predicted octanol–water partition coefficient (Wildman–Crippen LogP) is 1.08. The third-order valence-electron chi connectivity index (χ3n) is 7.79. The first-order valence-electron chi connectivity index (χ1n) is 13.1. The van der Waals surface area contributed by atoms with Gasteiger partial charge < -0.3 is 4.90 Å². The standard InChI is InChI=1S/C28H28FN7O4/c1-31-24-23(26(39)32(2)28(31)40)35(17-18-8-6-7-11-20(18)29)27(30-24)34-14-12-33(13-15-34)21-16-22(37)36(25(21)38)19-9-4-3-5-10-19/h3-11,21H,12-17H2,1-2H3. The van der Waals surface area contributed by atoms with Gasteiger partial charge in [-0.25, -0.2) is 14.1 Å². The van der Waals surface area contributed by atoms with E-state index in [4.69, 9.17) is 4.98 Å². The molecule has 2 aromatic carbocycles. The lowest BCUT2D eigenvalue weighted by Gasteiger charge is -2.37. The molecule has 0 bridgehead atoms. The van der Waals surface area contributed by atoms with E-state index in [9.17, 15) is 23.6 Å². The number of aromatic nitrogens is 4. The number of hydrogen-bond acceptors (Lipinski definition) is 7. The zero-order valence-electron chi connectivity index (χ0n) is 22.2. The average molecular weight is 546 g/mol. The number of benzene rings is 2. The van der Waals surface area contributed by atoms with Gasteiger partial charge in [-0.3, -0.25) is 33.0 Å². The average Bonchev–Trinajstić information content (AvgIpc) is 3.49. The number of rotatable bonds is 5. The molecule has 1 unspecified atom stereocenters. The molecule has 0 radical (unpaired) electrons. The lowest BCUT2D eigenvalue weighted by molar-refractivity contribution is -0.123. The van der Waals surface area contributed by atoms with Gasteiger partial charge >= 0.3 is 5.69 Å². The number of halogens is 1. The molecule has 2 amide bonds. The molecule has 4 aromatic rings. The predicted molar refractivity (Wildman–Crippen MR) is 147 cm³/mol. The molecule has 206 valence electrons. The van der Waals surface area contributed by atoms with Crippen molar-refractivity contribution in [3.8, 4) is 0 Å². The number of imide groups is 1. The molecular weight excluding hydrogens is 517 g/mol. The third kappa shape index (κ3) is 4.11. The second-order valence-electron chi connectivity index (χ2n) is 10.1.